The van der Waals surface area contributed by atoms with Gasteiger partial charge in [0.25, 0.3) is 11.8 Å². The third-order valence-corrected chi connectivity index (χ3v) is 6.51. The number of nitrogens with zero attached hydrogens (tertiary/aromatic N) is 1. The summed E-state index contributed by atoms with van der Waals surface area (Å²) in [5.41, 5.74) is 4.68. The van der Waals surface area contributed by atoms with Gasteiger partial charge in [0.05, 0.1) is 28.2 Å². The lowest BCUT2D eigenvalue weighted by Crippen LogP contribution is -2.31. The van der Waals surface area contributed by atoms with Crippen molar-refractivity contribution in [3.8, 4) is 0 Å². The molecular formula is C24H20ClNO3S. The predicted molar refractivity (Wildman–Crippen MR) is 122 cm³/mol. The van der Waals surface area contributed by atoms with Crippen LogP contribution in [0.5, 0.6) is 0 Å². The van der Waals surface area contributed by atoms with Crippen LogP contribution in [-0.4, -0.2) is 11.8 Å². The van der Waals surface area contributed by atoms with E-state index in [9.17, 15) is 9.59 Å². The minimum Gasteiger partial charge on any atom is -0.468 e. The van der Waals surface area contributed by atoms with Crippen molar-refractivity contribution < 1.29 is 14.0 Å². The van der Waals surface area contributed by atoms with Crippen LogP contribution in [0.2, 0.25) is 5.02 Å². The fraction of sp³-hybridized carbons (Fsp3) is 0.167. The molecule has 0 aliphatic carbocycles. The van der Waals surface area contributed by atoms with Gasteiger partial charge < -0.3 is 4.42 Å². The Bertz CT molecular complexity index is 1180. The molecule has 4 nitrogen and oxygen atoms in total. The van der Waals surface area contributed by atoms with Gasteiger partial charge in [-0.1, -0.05) is 29.8 Å². The molecule has 0 spiro atoms. The number of anilines is 1. The number of amides is 2. The first-order valence-corrected chi connectivity index (χ1v) is 10.8. The maximum absolute atomic E-state index is 13.5. The Morgan fingerprint density at radius 1 is 0.933 bits per heavy atom. The first-order valence-electron chi connectivity index (χ1n) is 9.49. The first kappa shape index (κ1) is 20.5. The fourth-order valence-electron chi connectivity index (χ4n) is 3.42. The number of hydrogen-bond acceptors (Lipinski definition) is 4. The van der Waals surface area contributed by atoms with Gasteiger partial charge in [-0.25, -0.2) is 4.90 Å². The van der Waals surface area contributed by atoms with Crippen LogP contribution in [0.25, 0.3) is 5.57 Å². The molecule has 2 aromatic carbocycles. The topological polar surface area (TPSA) is 50.5 Å². The van der Waals surface area contributed by atoms with Crippen LogP contribution >= 0.6 is 23.4 Å². The van der Waals surface area contributed by atoms with Crippen LogP contribution in [0.4, 0.5) is 5.69 Å². The lowest BCUT2D eigenvalue weighted by atomic mass is 10.0. The molecule has 0 radical (unpaired) electrons. The standard InChI is InChI=1S/C24H20ClNO3S/c1-14-6-7-17(11-15(14)2)21-22(30-13-19-5-4-10-29-19)24(28)26(23(21)27)20-9-8-18(25)12-16(20)3/h4-12H,13H2,1-3H3. The monoisotopic (exact) mass is 437 g/mol. The van der Waals surface area contributed by atoms with Gasteiger partial charge in [0.15, 0.2) is 0 Å². The average molecular weight is 438 g/mol. The van der Waals surface area contributed by atoms with E-state index >= 15 is 0 Å². The second-order valence-corrected chi connectivity index (χ2v) is 8.67. The van der Waals surface area contributed by atoms with E-state index in [4.69, 9.17) is 16.0 Å². The molecule has 4 rings (SSSR count). The summed E-state index contributed by atoms with van der Waals surface area (Å²) in [6, 6.07) is 14.6. The van der Waals surface area contributed by atoms with E-state index in [1.807, 2.05) is 45.0 Å². The summed E-state index contributed by atoms with van der Waals surface area (Å²) < 4.78 is 5.41. The van der Waals surface area contributed by atoms with Crippen molar-refractivity contribution in [1.82, 2.24) is 0 Å². The number of halogens is 1. The van der Waals surface area contributed by atoms with Crippen LogP contribution in [-0.2, 0) is 15.3 Å². The zero-order chi connectivity index (χ0) is 21.4. The van der Waals surface area contributed by atoms with Crippen LogP contribution < -0.4 is 4.90 Å². The minimum atomic E-state index is -0.324. The molecule has 1 aliphatic heterocycles. The third-order valence-electron chi connectivity index (χ3n) is 5.18. The number of carbonyl (C=O) groups is 2. The Morgan fingerprint density at radius 3 is 2.40 bits per heavy atom. The van der Waals surface area contributed by atoms with Crippen molar-refractivity contribution in [2.45, 2.75) is 26.5 Å². The molecule has 0 fully saturated rings. The summed E-state index contributed by atoms with van der Waals surface area (Å²) in [6.07, 6.45) is 1.60. The number of aryl methyl sites for hydroxylation is 3. The number of carbonyl (C=O) groups excluding carboxylic acids is 2. The van der Waals surface area contributed by atoms with E-state index in [1.54, 1.807) is 30.5 Å². The summed E-state index contributed by atoms with van der Waals surface area (Å²) in [7, 11) is 0. The van der Waals surface area contributed by atoms with Gasteiger partial charge >= 0.3 is 0 Å². The number of rotatable bonds is 5. The van der Waals surface area contributed by atoms with Crippen molar-refractivity contribution in [3.05, 3.63) is 92.7 Å². The van der Waals surface area contributed by atoms with Crippen LogP contribution in [0.15, 0.2) is 64.1 Å². The summed E-state index contributed by atoms with van der Waals surface area (Å²) in [4.78, 5) is 28.6. The Kier molecular flexibility index (Phi) is 5.58. The van der Waals surface area contributed by atoms with Gasteiger partial charge in [-0.2, -0.15) is 0 Å². The molecule has 1 aliphatic rings. The molecule has 0 atom stereocenters. The van der Waals surface area contributed by atoms with Gasteiger partial charge in [0.2, 0.25) is 0 Å². The number of thioether (sulfide) groups is 1. The Morgan fingerprint density at radius 2 is 1.73 bits per heavy atom. The molecule has 0 saturated heterocycles. The molecule has 1 aromatic heterocycles. The van der Waals surface area contributed by atoms with E-state index < -0.39 is 0 Å². The fourth-order valence-corrected chi connectivity index (χ4v) is 4.66. The van der Waals surface area contributed by atoms with Crippen molar-refractivity contribution in [1.29, 1.82) is 0 Å². The molecule has 0 bridgehead atoms. The highest BCUT2D eigenvalue weighted by Crippen LogP contribution is 2.41. The molecule has 2 amide bonds. The van der Waals surface area contributed by atoms with Gasteiger partial charge in [0, 0.05) is 5.02 Å². The van der Waals surface area contributed by atoms with Crippen molar-refractivity contribution in [2.75, 3.05) is 4.90 Å². The second kappa shape index (κ2) is 8.17. The normalized spacial score (nSPS) is 14.2. The van der Waals surface area contributed by atoms with E-state index in [1.165, 1.54) is 16.7 Å². The molecule has 2 heterocycles. The van der Waals surface area contributed by atoms with E-state index in [0.717, 1.165) is 28.0 Å². The second-order valence-electron chi connectivity index (χ2n) is 7.25. The van der Waals surface area contributed by atoms with Crippen LogP contribution in [0.1, 0.15) is 28.0 Å². The van der Waals surface area contributed by atoms with Gasteiger partial charge in [-0.3, -0.25) is 9.59 Å². The maximum atomic E-state index is 13.5. The average Bonchev–Trinajstić information content (AvgIpc) is 3.30. The number of furan rings is 1. The highest BCUT2D eigenvalue weighted by Gasteiger charge is 2.40. The SMILES string of the molecule is Cc1ccc(C2=C(SCc3ccco3)C(=O)N(c3ccc(Cl)cc3C)C2=O)cc1C. The zero-order valence-electron chi connectivity index (χ0n) is 16.9. The van der Waals surface area contributed by atoms with Crippen molar-refractivity contribution >= 4 is 46.4 Å². The maximum Gasteiger partial charge on any atom is 0.272 e. The number of hydrogen-bond donors (Lipinski definition) is 0. The zero-order valence-corrected chi connectivity index (χ0v) is 18.4. The Hall–Kier alpha value is -2.76. The summed E-state index contributed by atoms with van der Waals surface area (Å²) >= 11 is 7.40. The minimum absolute atomic E-state index is 0.323. The van der Waals surface area contributed by atoms with Gasteiger partial charge in [0.1, 0.15) is 5.76 Å². The summed E-state index contributed by atoms with van der Waals surface area (Å²) in [5.74, 6) is 0.558. The molecular weight excluding hydrogens is 418 g/mol. The molecule has 0 N–H and O–H groups in total. The largest absolute Gasteiger partial charge is 0.468 e. The predicted octanol–water partition coefficient (Wildman–Crippen LogP) is 6.08. The molecule has 0 unspecified atom stereocenters. The smallest absolute Gasteiger partial charge is 0.272 e. The Balaban J connectivity index is 1.80. The van der Waals surface area contributed by atoms with E-state index in [0.29, 0.717) is 26.9 Å². The highest BCUT2D eigenvalue weighted by molar-refractivity contribution is 8.03. The van der Waals surface area contributed by atoms with Crippen LogP contribution in [0, 0.1) is 20.8 Å². The van der Waals surface area contributed by atoms with E-state index in [-0.39, 0.29) is 11.8 Å². The quantitative estimate of drug-likeness (QED) is 0.454. The van der Waals surface area contributed by atoms with Crippen molar-refractivity contribution in [2.24, 2.45) is 0 Å². The van der Waals surface area contributed by atoms with Gasteiger partial charge in [-0.15, -0.1) is 11.8 Å². The number of benzene rings is 2. The summed E-state index contributed by atoms with van der Waals surface area (Å²) in [5, 5.41) is 0.560. The molecule has 0 saturated carbocycles. The first-order chi connectivity index (χ1) is 14.4. The van der Waals surface area contributed by atoms with Gasteiger partial charge in [-0.05, 0) is 73.4 Å². The lowest BCUT2D eigenvalue weighted by molar-refractivity contribution is -0.119. The lowest BCUT2D eigenvalue weighted by Gasteiger charge is -2.18. The molecule has 152 valence electrons. The Labute approximate surface area is 184 Å². The molecule has 3 aromatic rings. The highest BCUT2D eigenvalue weighted by atomic mass is 35.5. The number of imide groups is 1. The molecule has 6 heteroatoms. The van der Waals surface area contributed by atoms with E-state index in [2.05, 4.69) is 0 Å². The van der Waals surface area contributed by atoms with Crippen LogP contribution in [0.3, 0.4) is 0 Å². The third kappa shape index (κ3) is 3.71. The van der Waals surface area contributed by atoms with Crippen molar-refractivity contribution in [3.63, 3.8) is 0 Å². The molecule has 30 heavy (non-hydrogen) atoms. The summed E-state index contributed by atoms with van der Waals surface area (Å²) in [6.45, 7) is 5.86.